The third-order valence-electron chi connectivity index (χ3n) is 3.34. The van der Waals surface area contributed by atoms with Crippen molar-refractivity contribution in [2.45, 2.75) is 46.3 Å². The number of carbonyl (C=O) groups is 1. The number of rotatable bonds is 7. The molecular weight excluding hydrogens is 296 g/mol. The number of nitrogens with one attached hydrogen (secondary N) is 1. The minimum atomic E-state index is 0.0191. The molecule has 0 fully saturated rings. The zero-order valence-corrected chi connectivity index (χ0v) is 14.1. The summed E-state index contributed by atoms with van der Waals surface area (Å²) in [5.74, 6) is 0.850. The van der Waals surface area contributed by atoms with Crippen LogP contribution >= 0.6 is 11.3 Å². The van der Waals surface area contributed by atoms with Gasteiger partial charge in [0.05, 0.1) is 12.1 Å². The second-order valence-corrected chi connectivity index (χ2v) is 6.33. The summed E-state index contributed by atoms with van der Waals surface area (Å²) in [6.07, 6.45) is 1.25. The van der Waals surface area contributed by atoms with Crippen molar-refractivity contribution in [2.24, 2.45) is 0 Å². The molecule has 0 aliphatic heterocycles. The van der Waals surface area contributed by atoms with Gasteiger partial charge in [0.25, 0.3) is 0 Å². The molecule has 1 atom stereocenters. The Hall–Kier alpha value is -1.88. The summed E-state index contributed by atoms with van der Waals surface area (Å²) in [6.45, 7) is 6.52. The Morgan fingerprint density at radius 2 is 2.09 bits per heavy atom. The molecule has 0 spiro atoms. The van der Waals surface area contributed by atoms with E-state index in [1.807, 2.05) is 50.4 Å². The van der Waals surface area contributed by atoms with E-state index in [-0.39, 0.29) is 11.9 Å². The van der Waals surface area contributed by atoms with Crippen molar-refractivity contribution in [1.29, 1.82) is 0 Å². The SMILES string of the molecule is CC[C@H](C)NC(=O)Cc1csc(COc2ccc(C)cc2)n1. The van der Waals surface area contributed by atoms with Gasteiger partial charge in [-0.2, -0.15) is 0 Å². The summed E-state index contributed by atoms with van der Waals surface area (Å²) in [5.41, 5.74) is 2.00. The van der Waals surface area contributed by atoms with E-state index in [1.54, 1.807) is 0 Å². The van der Waals surface area contributed by atoms with Gasteiger partial charge in [-0.1, -0.05) is 24.6 Å². The molecule has 2 aromatic rings. The van der Waals surface area contributed by atoms with E-state index in [9.17, 15) is 4.79 Å². The fourth-order valence-electron chi connectivity index (χ4n) is 1.87. The van der Waals surface area contributed by atoms with E-state index < -0.39 is 0 Å². The van der Waals surface area contributed by atoms with Crippen LogP contribution in [0.25, 0.3) is 0 Å². The van der Waals surface area contributed by atoms with Crippen LogP contribution in [0.4, 0.5) is 0 Å². The number of nitrogens with zero attached hydrogens (tertiary/aromatic N) is 1. The van der Waals surface area contributed by atoms with Gasteiger partial charge in [0.15, 0.2) is 0 Å². The number of amides is 1. The lowest BCUT2D eigenvalue weighted by Crippen LogP contribution is -2.33. The fraction of sp³-hybridized carbons (Fsp3) is 0.412. The van der Waals surface area contributed by atoms with E-state index >= 15 is 0 Å². The van der Waals surface area contributed by atoms with Gasteiger partial charge in [-0.05, 0) is 32.4 Å². The number of thiazole rings is 1. The number of aromatic nitrogens is 1. The maximum atomic E-state index is 11.8. The molecule has 0 bridgehead atoms. The van der Waals surface area contributed by atoms with Crippen molar-refractivity contribution in [3.05, 3.63) is 45.9 Å². The number of hydrogen-bond donors (Lipinski definition) is 1. The van der Waals surface area contributed by atoms with Crippen LogP contribution in [0.3, 0.4) is 0 Å². The molecule has 22 heavy (non-hydrogen) atoms. The number of ether oxygens (including phenoxy) is 1. The maximum absolute atomic E-state index is 11.8. The minimum Gasteiger partial charge on any atom is -0.486 e. The smallest absolute Gasteiger partial charge is 0.226 e. The number of benzene rings is 1. The molecule has 2 rings (SSSR count). The van der Waals surface area contributed by atoms with Crippen molar-refractivity contribution >= 4 is 17.2 Å². The number of hydrogen-bond acceptors (Lipinski definition) is 4. The highest BCUT2D eigenvalue weighted by Gasteiger charge is 2.10. The molecule has 1 N–H and O–H groups in total. The van der Waals surface area contributed by atoms with E-state index in [0.29, 0.717) is 13.0 Å². The van der Waals surface area contributed by atoms with E-state index in [0.717, 1.165) is 22.9 Å². The maximum Gasteiger partial charge on any atom is 0.226 e. The Bertz CT molecular complexity index is 607. The van der Waals surface area contributed by atoms with Crippen LogP contribution < -0.4 is 10.1 Å². The molecule has 1 aromatic heterocycles. The second-order valence-electron chi connectivity index (χ2n) is 5.39. The molecule has 0 aliphatic carbocycles. The van der Waals surface area contributed by atoms with Crippen LogP contribution in [0.15, 0.2) is 29.6 Å². The first-order valence-electron chi connectivity index (χ1n) is 7.49. The van der Waals surface area contributed by atoms with Crippen molar-refractivity contribution < 1.29 is 9.53 Å². The predicted octanol–water partition coefficient (Wildman–Crippen LogP) is 3.49. The van der Waals surface area contributed by atoms with Crippen molar-refractivity contribution in [2.75, 3.05) is 0 Å². The summed E-state index contributed by atoms with van der Waals surface area (Å²) < 4.78 is 5.69. The zero-order chi connectivity index (χ0) is 15.9. The van der Waals surface area contributed by atoms with Crippen molar-refractivity contribution in [1.82, 2.24) is 10.3 Å². The lowest BCUT2D eigenvalue weighted by molar-refractivity contribution is -0.121. The Kier molecular flexibility index (Phi) is 5.95. The van der Waals surface area contributed by atoms with Gasteiger partial charge in [0.2, 0.25) is 5.91 Å². The molecular formula is C17H22N2O2S. The van der Waals surface area contributed by atoms with Gasteiger partial charge in [0.1, 0.15) is 17.4 Å². The lowest BCUT2D eigenvalue weighted by atomic mass is 10.2. The Morgan fingerprint density at radius 3 is 2.77 bits per heavy atom. The van der Waals surface area contributed by atoms with E-state index in [1.165, 1.54) is 16.9 Å². The Balaban J connectivity index is 1.83. The molecule has 0 saturated heterocycles. The summed E-state index contributed by atoms with van der Waals surface area (Å²) in [4.78, 5) is 16.3. The average molecular weight is 318 g/mol. The first kappa shape index (κ1) is 16.5. The average Bonchev–Trinajstić information content (AvgIpc) is 2.93. The first-order valence-corrected chi connectivity index (χ1v) is 8.37. The topological polar surface area (TPSA) is 51.2 Å². The Morgan fingerprint density at radius 1 is 1.36 bits per heavy atom. The predicted molar refractivity (Wildman–Crippen MR) is 89.2 cm³/mol. The van der Waals surface area contributed by atoms with Crippen LogP contribution in [0.2, 0.25) is 0 Å². The van der Waals surface area contributed by atoms with Crippen LogP contribution in [-0.4, -0.2) is 16.9 Å². The molecule has 0 radical (unpaired) electrons. The highest BCUT2D eigenvalue weighted by molar-refractivity contribution is 7.09. The van der Waals surface area contributed by atoms with Gasteiger partial charge in [-0.25, -0.2) is 4.98 Å². The first-order chi connectivity index (χ1) is 10.6. The van der Waals surface area contributed by atoms with Crippen molar-refractivity contribution in [3.8, 4) is 5.75 Å². The molecule has 0 unspecified atom stereocenters. The normalized spacial score (nSPS) is 12.0. The van der Waals surface area contributed by atoms with Gasteiger partial charge in [0, 0.05) is 11.4 Å². The fourth-order valence-corrected chi connectivity index (χ4v) is 2.57. The quantitative estimate of drug-likeness (QED) is 0.850. The van der Waals surface area contributed by atoms with Gasteiger partial charge < -0.3 is 10.1 Å². The molecule has 4 nitrogen and oxygen atoms in total. The van der Waals surface area contributed by atoms with Crippen LogP contribution in [0.1, 0.15) is 36.5 Å². The minimum absolute atomic E-state index is 0.0191. The highest BCUT2D eigenvalue weighted by atomic mass is 32.1. The van der Waals surface area contributed by atoms with E-state index in [4.69, 9.17) is 4.74 Å². The lowest BCUT2D eigenvalue weighted by Gasteiger charge is -2.10. The summed E-state index contributed by atoms with van der Waals surface area (Å²) in [7, 11) is 0. The van der Waals surface area contributed by atoms with Gasteiger partial charge in [-0.15, -0.1) is 11.3 Å². The molecule has 0 aliphatic rings. The molecule has 0 saturated carbocycles. The summed E-state index contributed by atoms with van der Waals surface area (Å²) in [6, 6.07) is 8.13. The van der Waals surface area contributed by atoms with Crippen LogP contribution in [-0.2, 0) is 17.8 Å². The van der Waals surface area contributed by atoms with Crippen molar-refractivity contribution in [3.63, 3.8) is 0 Å². The monoisotopic (exact) mass is 318 g/mol. The van der Waals surface area contributed by atoms with Gasteiger partial charge >= 0.3 is 0 Å². The van der Waals surface area contributed by atoms with Gasteiger partial charge in [-0.3, -0.25) is 4.79 Å². The highest BCUT2D eigenvalue weighted by Crippen LogP contribution is 2.16. The van der Waals surface area contributed by atoms with Crippen LogP contribution in [0.5, 0.6) is 5.75 Å². The molecule has 1 amide bonds. The third kappa shape index (κ3) is 5.15. The molecule has 5 heteroatoms. The van der Waals surface area contributed by atoms with E-state index in [2.05, 4.69) is 10.3 Å². The number of aryl methyl sites for hydroxylation is 1. The van der Waals surface area contributed by atoms with Crippen LogP contribution in [0, 0.1) is 6.92 Å². The Labute approximate surface area is 135 Å². The largest absolute Gasteiger partial charge is 0.486 e. The molecule has 1 aromatic carbocycles. The molecule has 118 valence electrons. The summed E-state index contributed by atoms with van der Waals surface area (Å²) in [5, 5.41) is 5.75. The second kappa shape index (κ2) is 7.94. The third-order valence-corrected chi connectivity index (χ3v) is 4.22. The number of carbonyl (C=O) groups excluding carboxylic acids is 1. The standard InChI is InChI=1S/C17H22N2O2S/c1-4-13(3)18-16(20)9-14-11-22-17(19-14)10-21-15-7-5-12(2)6-8-15/h5-8,11,13H,4,9-10H2,1-3H3,(H,18,20)/t13-/m0/s1. The summed E-state index contributed by atoms with van der Waals surface area (Å²) >= 11 is 1.52. The molecule has 1 heterocycles. The zero-order valence-electron chi connectivity index (χ0n) is 13.3.